The lowest BCUT2D eigenvalue weighted by Crippen LogP contribution is -2.25. The highest BCUT2D eigenvalue weighted by Crippen LogP contribution is 2.08. The lowest BCUT2D eigenvalue weighted by molar-refractivity contribution is 0.0942. The molecule has 2 heterocycles. The molecule has 2 aromatic heterocycles. The SMILES string of the molecule is O=C(NCc1cccnc1)c1cccn1Cc1ccccc1. The van der Waals surface area contributed by atoms with Gasteiger partial charge in [0.1, 0.15) is 5.69 Å². The number of amides is 1. The molecule has 0 unspecified atom stereocenters. The van der Waals surface area contributed by atoms with Gasteiger partial charge in [0.15, 0.2) is 0 Å². The number of rotatable bonds is 5. The van der Waals surface area contributed by atoms with Crippen molar-refractivity contribution in [3.8, 4) is 0 Å². The van der Waals surface area contributed by atoms with Gasteiger partial charge < -0.3 is 9.88 Å². The van der Waals surface area contributed by atoms with Crippen molar-refractivity contribution in [1.82, 2.24) is 14.9 Å². The quantitative estimate of drug-likeness (QED) is 0.785. The minimum absolute atomic E-state index is 0.0789. The van der Waals surface area contributed by atoms with Crippen molar-refractivity contribution >= 4 is 5.91 Å². The molecule has 0 fully saturated rings. The largest absolute Gasteiger partial charge is 0.347 e. The highest BCUT2D eigenvalue weighted by Gasteiger charge is 2.10. The van der Waals surface area contributed by atoms with E-state index in [4.69, 9.17) is 0 Å². The Morgan fingerprint density at radius 2 is 1.82 bits per heavy atom. The minimum atomic E-state index is -0.0789. The summed E-state index contributed by atoms with van der Waals surface area (Å²) in [6.45, 7) is 1.16. The van der Waals surface area contributed by atoms with E-state index in [0.29, 0.717) is 18.8 Å². The molecule has 0 aliphatic rings. The van der Waals surface area contributed by atoms with Gasteiger partial charge in [-0.1, -0.05) is 36.4 Å². The Kier molecular flexibility index (Phi) is 4.30. The molecule has 0 radical (unpaired) electrons. The zero-order valence-electron chi connectivity index (χ0n) is 12.1. The van der Waals surface area contributed by atoms with Crippen LogP contribution in [0.15, 0.2) is 73.2 Å². The molecule has 1 aromatic carbocycles. The zero-order valence-corrected chi connectivity index (χ0v) is 12.1. The van der Waals surface area contributed by atoms with Crippen LogP contribution in [-0.2, 0) is 13.1 Å². The number of hydrogen-bond donors (Lipinski definition) is 1. The molecule has 1 amide bonds. The van der Waals surface area contributed by atoms with E-state index in [1.54, 1.807) is 12.4 Å². The summed E-state index contributed by atoms with van der Waals surface area (Å²) < 4.78 is 1.95. The third-order valence-corrected chi connectivity index (χ3v) is 3.43. The van der Waals surface area contributed by atoms with Crippen molar-refractivity contribution in [2.75, 3.05) is 0 Å². The van der Waals surface area contributed by atoms with Crippen molar-refractivity contribution in [1.29, 1.82) is 0 Å². The van der Waals surface area contributed by atoms with Crippen LogP contribution in [0.25, 0.3) is 0 Å². The summed E-state index contributed by atoms with van der Waals surface area (Å²) in [6.07, 6.45) is 5.39. The van der Waals surface area contributed by atoms with Gasteiger partial charge in [0, 0.05) is 31.7 Å². The molecule has 0 bridgehead atoms. The fourth-order valence-corrected chi connectivity index (χ4v) is 2.31. The molecule has 1 N–H and O–H groups in total. The molecule has 0 saturated carbocycles. The van der Waals surface area contributed by atoms with Crippen LogP contribution in [0, 0.1) is 0 Å². The first kappa shape index (κ1) is 14.1. The standard InChI is InChI=1S/C18H17N3O/c22-18(20-13-16-8-4-10-19-12-16)17-9-5-11-21(17)14-15-6-2-1-3-7-15/h1-12H,13-14H2,(H,20,22). The van der Waals surface area contributed by atoms with Crippen LogP contribution in [0.3, 0.4) is 0 Å². The van der Waals surface area contributed by atoms with E-state index >= 15 is 0 Å². The fraction of sp³-hybridized carbons (Fsp3) is 0.111. The number of carbonyl (C=O) groups is 1. The van der Waals surface area contributed by atoms with Crippen LogP contribution in [0.1, 0.15) is 21.6 Å². The van der Waals surface area contributed by atoms with Crippen molar-refractivity contribution in [3.63, 3.8) is 0 Å². The van der Waals surface area contributed by atoms with E-state index < -0.39 is 0 Å². The first-order valence-electron chi connectivity index (χ1n) is 7.19. The second-order valence-corrected chi connectivity index (χ2v) is 5.05. The predicted molar refractivity (Wildman–Crippen MR) is 85.4 cm³/mol. The molecular weight excluding hydrogens is 274 g/mol. The van der Waals surface area contributed by atoms with Crippen molar-refractivity contribution in [2.45, 2.75) is 13.1 Å². The van der Waals surface area contributed by atoms with E-state index in [9.17, 15) is 4.79 Å². The normalized spacial score (nSPS) is 10.4. The zero-order chi connectivity index (χ0) is 15.2. The van der Waals surface area contributed by atoms with Gasteiger partial charge >= 0.3 is 0 Å². The van der Waals surface area contributed by atoms with Crippen LogP contribution >= 0.6 is 0 Å². The van der Waals surface area contributed by atoms with Gasteiger partial charge in [-0.15, -0.1) is 0 Å². The molecule has 4 nitrogen and oxygen atoms in total. The first-order valence-corrected chi connectivity index (χ1v) is 7.19. The average Bonchev–Trinajstić information content (AvgIpc) is 3.03. The number of pyridine rings is 1. The van der Waals surface area contributed by atoms with Crippen LogP contribution in [-0.4, -0.2) is 15.5 Å². The van der Waals surface area contributed by atoms with E-state index in [2.05, 4.69) is 22.4 Å². The number of hydrogen-bond acceptors (Lipinski definition) is 2. The topological polar surface area (TPSA) is 46.9 Å². The van der Waals surface area contributed by atoms with Gasteiger partial charge in [-0.2, -0.15) is 0 Å². The third kappa shape index (κ3) is 3.41. The summed E-state index contributed by atoms with van der Waals surface area (Å²) >= 11 is 0. The Bertz CT molecular complexity index is 735. The van der Waals surface area contributed by atoms with Gasteiger partial charge in [0.05, 0.1) is 0 Å². The monoisotopic (exact) mass is 291 g/mol. The highest BCUT2D eigenvalue weighted by atomic mass is 16.1. The fourth-order valence-electron chi connectivity index (χ4n) is 2.31. The van der Waals surface area contributed by atoms with E-state index in [1.165, 1.54) is 5.56 Å². The molecule has 3 aromatic rings. The van der Waals surface area contributed by atoms with E-state index in [-0.39, 0.29) is 5.91 Å². The molecule has 0 aliphatic carbocycles. The summed E-state index contributed by atoms with van der Waals surface area (Å²) in [5.74, 6) is -0.0789. The van der Waals surface area contributed by atoms with E-state index in [0.717, 1.165) is 5.56 Å². The van der Waals surface area contributed by atoms with Crippen LogP contribution in [0.2, 0.25) is 0 Å². The molecule has 110 valence electrons. The number of nitrogens with one attached hydrogen (secondary N) is 1. The second kappa shape index (κ2) is 6.72. The van der Waals surface area contributed by atoms with Crippen molar-refractivity contribution in [3.05, 3.63) is 90.0 Å². The van der Waals surface area contributed by atoms with Crippen LogP contribution in [0.4, 0.5) is 0 Å². The Labute approximate surface area is 129 Å². The smallest absolute Gasteiger partial charge is 0.268 e. The first-order chi connectivity index (χ1) is 10.8. The maximum atomic E-state index is 12.3. The van der Waals surface area contributed by atoms with Gasteiger partial charge in [-0.05, 0) is 29.3 Å². The molecular formula is C18H17N3O. The van der Waals surface area contributed by atoms with Gasteiger partial charge in [0.25, 0.3) is 5.91 Å². The molecule has 4 heteroatoms. The predicted octanol–water partition coefficient (Wildman–Crippen LogP) is 2.86. The van der Waals surface area contributed by atoms with Gasteiger partial charge in [-0.3, -0.25) is 9.78 Å². The molecule has 22 heavy (non-hydrogen) atoms. The number of nitrogens with zero attached hydrogens (tertiary/aromatic N) is 2. The van der Waals surface area contributed by atoms with Crippen molar-refractivity contribution in [2.24, 2.45) is 0 Å². The Balaban J connectivity index is 1.67. The maximum absolute atomic E-state index is 12.3. The molecule has 0 atom stereocenters. The summed E-state index contributed by atoms with van der Waals surface area (Å²) in [6, 6.07) is 17.6. The highest BCUT2D eigenvalue weighted by molar-refractivity contribution is 5.92. The summed E-state index contributed by atoms with van der Waals surface area (Å²) in [7, 11) is 0. The average molecular weight is 291 g/mol. The second-order valence-electron chi connectivity index (χ2n) is 5.05. The molecule has 0 aliphatic heterocycles. The van der Waals surface area contributed by atoms with Gasteiger partial charge in [0.2, 0.25) is 0 Å². The third-order valence-electron chi connectivity index (χ3n) is 3.43. The van der Waals surface area contributed by atoms with E-state index in [1.807, 2.05) is 53.2 Å². The molecule has 3 rings (SSSR count). The summed E-state index contributed by atoms with van der Waals surface area (Å²) in [4.78, 5) is 16.4. The van der Waals surface area contributed by atoms with Crippen LogP contribution < -0.4 is 5.32 Å². The number of benzene rings is 1. The van der Waals surface area contributed by atoms with Crippen LogP contribution in [0.5, 0.6) is 0 Å². The maximum Gasteiger partial charge on any atom is 0.268 e. The summed E-state index contributed by atoms with van der Waals surface area (Å²) in [5, 5.41) is 2.93. The Morgan fingerprint density at radius 1 is 1.00 bits per heavy atom. The molecule has 0 spiro atoms. The lowest BCUT2D eigenvalue weighted by atomic mass is 10.2. The van der Waals surface area contributed by atoms with Gasteiger partial charge in [-0.25, -0.2) is 0 Å². The number of carbonyl (C=O) groups excluding carboxylic acids is 1. The number of aromatic nitrogens is 2. The Hall–Kier alpha value is -2.88. The molecule has 0 saturated heterocycles. The van der Waals surface area contributed by atoms with Crippen molar-refractivity contribution < 1.29 is 4.79 Å². The lowest BCUT2D eigenvalue weighted by Gasteiger charge is -2.10. The summed E-state index contributed by atoms with van der Waals surface area (Å²) in [5.41, 5.74) is 2.81. The minimum Gasteiger partial charge on any atom is -0.347 e. The Morgan fingerprint density at radius 3 is 2.59 bits per heavy atom.